The summed E-state index contributed by atoms with van der Waals surface area (Å²) in [5.74, 6) is -1.36. The van der Waals surface area contributed by atoms with Crippen LogP contribution < -0.4 is 0 Å². The van der Waals surface area contributed by atoms with Gasteiger partial charge in [0.15, 0.2) is 12.2 Å². The molecule has 89 heavy (non-hydrogen) atoms. The zero-order valence-corrected chi connectivity index (χ0v) is 58.8. The lowest BCUT2D eigenvalue weighted by molar-refractivity contribution is -0.161. The number of phosphoric acid groups is 2. The highest BCUT2D eigenvalue weighted by molar-refractivity contribution is 7.47. The van der Waals surface area contributed by atoms with Gasteiger partial charge in [-0.25, -0.2) is 9.13 Å². The first-order chi connectivity index (χ1) is 43.1. The van der Waals surface area contributed by atoms with Gasteiger partial charge >= 0.3 is 39.5 Å². The van der Waals surface area contributed by atoms with Gasteiger partial charge in [0, 0.05) is 25.7 Å². The molecule has 0 aliphatic heterocycles. The van der Waals surface area contributed by atoms with E-state index in [-0.39, 0.29) is 25.7 Å². The van der Waals surface area contributed by atoms with Crippen LogP contribution in [0.4, 0.5) is 0 Å². The first kappa shape index (κ1) is 86.5. The maximum absolute atomic E-state index is 13.0. The van der Waals surface area contributed by atoms with Crippen LogP contribution in [0.1, 0.15) is 336 Å². The highest BCUT2D eigenvalue weighted by Gasteiger charge is 2.30. The monoisotopic (exact) mass is 1310 g/mol. The molecule has 524 valence electrons. The van der Waals surface area contributed by atoms with Crippen molar-refractivity contribution in [2.45, 2.75) is 355 Å². The normalized spacial score (nSPS) is 14.6. The third kappa shape index (κ3) is 62.7. The number of rotatable bonds is 68. The van der Waals surface area contributed by atoms with Gasteiger partial charge in [-0.1, -0.05) is 284 Å². The molecule has 0 aliphatic rings. The van der Waals surface area contributed by atoms with Crippen molar-refractivity contribution in [1.82, 2.24) is 0 Å². The minimum Gasteiger partial charge on any atom is -0.462 e. The van der Waals surface area contributed by atoms with E-state index < -0.39 is 97.5 Å². The first-order valence-corrected chi connectivity index (χ1v) is 39.0. The third-order valence-electron chi connectivity index (χ3n) is 16.0. The van der Waals surface area contributed by atoms with Crippen molar-refractivity contribution in [3.05, 3.63) is 24.3 Å². The van der Waals surface area contributed by atoms with Crippen molar-refractivity contribution < 1.29 is 80.2 Å². The Morgan fingerprint density at radius 3 is 0.955 bits per heavy atom. The molecule has 0 saturated heterocycles. The van der Waals surface area contributed by atoms with E-state index >= 15 is 0 Å². The second-order valence-electron chi connectivity index (χ2n) is 24.8. The molecule has 0 aromatic heterocycles. The van der Waals surface area contributed by atoms with E-state index in [9.17, 15) is 43.2 Å². The molecule has 17 nitrogen and oxygen atoms in total. The average Bonchev–Trinajstić information content (AvgIpc) is 3.66. The minimum atomic E-state index is -4.96. The van der Waals surface area contributed by atoms with E-state index in [4.69, 9.17) is 37.0 Å². The fourth-order valence-electron chi connectivity index (χ4n) is 10.1. The number of esters is 4. The molecule has 0 aromatic carbocycles. The molecular formula is C70H132O17P2. The summed E-state index contributed by atoms with van der Waals surface area (Å²) in [4.78, 5) is 72.3. The zero-order chi connectivity index (χ0) is 65.6. The number of carbonyl (C=O) groups excluding carboxylic acids is 4. The molecule has 0 rings (SSSR count). The third-order valence-corrected chi connectivity index (χ3v) is 17.9. The number of aliphatic hydroxyl groups is 1. The molecule has 0 heterocycles. The Morgan fingerprint density at radius 1 is 0.360 bits per heavy atom. The second kappa shape index (κ2) is 63.0. The van der Waals surface area contributed by atoms with Crippen LogP contribution in [-0.2, 0) is 65.4 Å². The first-order valence-electron chi connectivity index (χ1n) is 36.0. The summed E-state index contributed by atoms with van der Waals surface area (Å²) < 4.78 is 68.0. The average molecular weight is 1310 g/mol. The van der Waals surface area contributed by atoms with E-state index in [2.05, 4.69) is 58.9 Å². The van der Waals surface area contributed by atoms with Crippen LogP contribution in [0.25, 0.3) is 0 Å². The van der Waals surface area contributed by atoms with E-state index in [1.807, 2.05) is 0 Å². The maximum atomic E-state index is 13.0. The summed E-state index contributed by atoms with van der Waals surface area (Å²) in [7, 11) is -9.90. The summed E-state index contributed by atoms with van der Waals surface area (Å²) >= 11 is 0. The van der Waals surface area contributed by atoms with Crippen molar-refractivity contribution in [2.24, 2.45) is 5.92 Å². The quantitative estimate of drug-likeness (QED) is 0.0169. The van der Waals surface area contributed by atoms with Crippen LogP contribution in [0.2, 0.25) is 0 Å². The van der Waals surface area contributed by atoms with E-state index in [0.29, 0.717) is 25.7 Å². The lowest BCUT2D eigenvalue weighted by Gasteiger charge is -2.21. The van der Waals surface area contributed by atoms with Crippen molar-refractivity contribution in [1.29, 1.82) is 0 Å². The number of unbranched alkanes of at least 4 members (excludes halogenated alkanes) is 36. The van der Waals surface area contributed by atoms with E-state index in [1.165, 1.54) is 141 Å². The van der Waals surface area contributed by atoms with E-state index in [1.54, 1.807) is 0 Å². The van der Waals surface area contributed by atoms with Crippen LogP contribution >= 0.6 is 15.6 Å². The zero-order valence-electron chi connectivity index (χ0n) is 57.0. The van der Waals surface area contributed by atoms with Gasteiger partial charge in [-0.2, -0.15) is 0 Å². The molecular weight excluding hydrogens is 1170 g/mol. The molecule has 0 bridgehead atoms. The van der Waals surface area contributed by atoms with E-state index in [0.717, 1.165) is 115 Å². The standard InChI is InChI=1S/C70H132O17P2/c1-6-10-13-16-18-20-22-24-26-28-30-35-39-44-49-54-68(73)81-60-66(87-70(75)55-50-45-40-36-31-29-27-25-23-21-19-17-14-11-7-2)62-85-89(78,79)83-58-64(71)57-82-88(76,77)84-61-65(59-80-67(72)53-48-42-15-12-8-3)86-69(74)56-51-46-41-37-33-32-34-38-43-47-52-63(5)9-4/h21,23,25,27,63-66,71H,6-20,22,24,26,28-62H2,1-5H3,(H,76,77)(H,78,79)/b23-21-,27-25-/t63?,64-,65+,66+/m0/s1. The fourth-order valence-corrected chi connectivity index (χ4v) is 11.6. The lowest BCUT2D eigenvalue weighted by atomic mass is 9.99. The predicted molar refractivity (Wildman–Crippen MR) is 358 cm³/mol. The minimum absolute atomic E-state index is 0.0855. The van der Waals surface area contributed by atoms with Crippen LogP contribution in [-0.4, -0.2) is 96.7 Å². The smallest absolute Gasteiger partial charge is 0.462 e. The Bertz CT molecular complexity index is 1810. The Morgan fingerprint density at radius 2 is 0.629 bits per heavy atom. The van der Waals surface area contributed by atoms with Gasteiger partial charge < -0.3 is 33.8 Å². The van der Waals surface area contributed by atoms with Gasteiger partial charge in [0.05, 0.1) is 26.4 Å². The summed E-state index contributed by atoms with van der Waals surface area (Å²) in [5.41, 5.74) is 0. The number of hydrogen-bond donors (Lipinski definition) is 3. The molecule has 3 N–H and O–H groups in total. The Kier molecular flexibility index (Phi) is 61.2. The number of phosphoric ester groups is 2. The second-order valence-corrected chi connectivity index (χ2v) is 27.7. The Hall–Kier alpha value is -2.46. The largest absolute Gasteiger partial charge is 0.472 e. The van der Waals surface area contributed by atoms with Crippen molar-refractivity contribution in [2.75, 3.05) is 39.6 Å². The van der Waals surface area contributed by atoms with Crippen molar-refractivity contribution in [3.8, 4) is 0 Å². The molecule has 0 fully saturated rings. The molecule has 0 spiro atoms. The molecule has 3 unspecified atom stereocenters. The van der Waals surface area contributed by atoms with Gasteiger partial charge in [0.1, 0.15) is 19.3 Å². The van der Waals surface area contributed by atoms with Crippen molar-refractivity contribution >= 4 is 39.5 Å². The molecule has 0 aromatic rings. The highest BCUT2D eigenvalue weighted by atomic mass is 31.2. The van der Waals surface area contributed by atoms with Crippen LogP contribution in [0.15, 0.2) is 24.3 Å². The lowest BCUT2D eigenvalue weighted by Crippen LogP contribution is -2.30. The summed E-state index contributed by atoms with van der Waals surface area (Å²) in [5, 5.41) is 10.6. The fraction of sp³-hybridized carbons (Fsp3) is 0.886. The van der Waals surface area contributed by atoms with Gasteiger partial charge in [0.25, 0.3) is 0 Å². The van der Waals surface area contributed by atoms with Crippen molar-refractivity contribution in [3.63, 3.8) is 0 Å². The summed E-state index contributed by atoms with van der Waals surface area (Å²) in [6.07, 6.45) is 52.4. The molecule has 0 saturated carbocycles. The topological polar surface area (TPSA) is 237 Å². The number of carbonyl (C=O) groups is 4. The van der Waals surface area contributed by atoms with Gasteiger partial charge in [-0.05, 0) is 57.3 Å². The number of allylic oxidation sites excluding steroid dienone is 4. The van der Waals surface area contributed by atoms with Crippen LogP contribution in [0.3, 0.4) is 0 Å². The Labute approximate surface area is 542 Å². The Balaban J connectivity index is 5.20. The molecule has 0 amide bonds. The molecule has 19 heteroatoms. The number of ether oxygens (including phenoxy) is 4. The molecule has 6 atom stereocenters. The molecule has 0 radical (unpaired) electrons. The molecule has 0 aliphatic carbocycles. The van der Waals surface area contributed by atoms with Gasteiger partial charge in [0.2, 0.25) is 0 Å². The predicted octanol–water partition coefficient (Wildman–Crippen LogP) is 19.7. The SMILES string of the molecule is CCCCCC/C=C\C=C/CCCCCCCC(=O)O[C@H](COC(=O)CCCCCCCCCCCCCCCCC)COP(=O)(O)OC[C@@H](O)COP(=O)(O)OC[C@@H](COC(=O)CCCCCCC)OC(=O)CCCCCCCCCCCCC(C)CC. The number of aliphatic hydroxyl groups excluding tert-OH is 1. The highest BCUT2D eigenvalue weighted by Crippen LogP contribution is 2.45. The summed E-state index contributed by atoms with van der Waals surface area (Å²) in [6, 6.07) is 0. The van der Waals surface area contributed by atoms with Gasteiger partial charge in [-0.3, -0.25) is 37.3 Å². The van der Waals surface area contributed by atoms with Gasteiger partial charge in [-0.15, -0.1) is 0 Å². The van der Waals surface area contributed by atoms with Crippen LogP contribution in [0.5, 0.6) is 0 Å². The number of hydrogen-bond acceptors (Lipinski definition) is 15. The van der Waals surface area contributed by atoms with Crippen LogP contribution in [0, 0.1) is 5.92 Å². The maximum Gasteiger partial charge on any atom is 0.472 e. The summed E-state index contributed by atoms with van der Waals surface area (Å²) in [6.45, 7) is 7.12.